The molecular formula is C34H22CoN6NaO14S4. The molecule has 0 aromatic heterocycles. The summed E-state index contributed by atoms with van der Waals surface area (Å²) in [4.78, 5) is -1.66. The van der Waals surface area contributed by atoms with Crippen molar-refractivity contribution in [1.82, 2.24) is 0 Å². The average Bonchev–Trinajstić information content (AvgIpc) is 3.66. The Morgan fingerprint density at radius 3 is 1.52 bits per heavy atom. The van der Waals surface area contributed by atoms with E-state index in [0.29, 0.717) is 10.8 Å². The fraction of sp³-hybridized carbons (Fsp3) is 0.0588. The number of azo groups is 2. The van der Waals surface area contributed by atoms with Crippen LogP contribution in [0.4, 0.5) is 22.7 Å². The molecule has 0 bridgehead atoms. The molecule has 0 spiro atoms. The van der Waals surface area contributed by atoms with Gasteiger partial charge in [0.25, 0.3) is 0 Å². The van der Waals surface area contributed by atoms with Gasteiger partial charge in [-0.15, -0.1) is 15.3 Å². The predicted octanol–water partition coefficient (Wildman–Crippen LogP) is 0.869. The molecule has 0 radical (unpaired) electrons. The largest absolute Gasteiger partial charge is 3.00 e. The van der Waals surface area contributed by atoms with E-state index in [1.807, 2.05) is 0 Å². The number of phenolic OH excluding ortho intramolecular Hbond substituents is 1. The van der Waals surface area contributed by atoms with Crippen LogP contribution in [-0.2, 0) is 56.5 Å². The van der Waals surface area contributed by atoms with Crippen molar-refractivity contribution in [2.24, 2.45) is 25.6 Å². The van der Waals surface area contributed by atoms with E-state index in [1.54, 1.807) is 30.3 Å². The quantitative estimate of drug-likeness (QED) is 0.154. The van der Waals surface area contributed by atoms with Crippen LogP contribution in [0.15, 0.2) is 125 Å². The van der Waals surface area contributed by atoms with Crippen molar-refractivity contribution in [3.05, 3.63) is 84.9 Å². The SMILES string of the molecule is N=S(=O)([O-])c1ccc([O-])c(N=Nc2c3c(c4ccccc4c2[O-])OCS3(=O)=O)c1.NS(=O)(=O)c1ccc(O)c(N=Nc2c3c(c4ccccc4c2[O-])OCS3(=O)=O)c1.[Co+3].[Na+]. The standard InChI is InChI=1S/2C17H13N3O7S2.Co.Na/c2*18-29(25,26)9-5-6-13(21)12(7-9)19-20-14-15(22)10-3-1-2-4-11(10)16-17(14)28(23,24)8-27-16;;/h2*1-7,21-22H,8H2,(H2,18,25,26);;/q;;+3;+1/p-4. The van der Waals surface area contributed by atoms with Crippen molar-refractivity contribution < 1.29 is 110 Å². The maximum atomic E-state index is 12.9. The van der Waals surface area contributed by atoms with Gasteiger partial charge < -0.3 is 34.5 Å². The van der Waals surface area contributed by atoms with E-state index in [0.717, 1.165) is 36.4 Å². The molecule has 60 heavy (non-hydrogen) atoms. The second-order valence-corrected chi connectivity index (χ2v) is 19.0. The molecule has 26 heteroatoms. The van der Waals surface area contributed by atoms with Crippen LogP contribution >= 0.6 is 0 Å². The van der Waals surface area contributed by atoms with Gasteiger partial charge in [0.2, 0.25) is 29.7 Å². The van der Waals surface area contributed by atoms with Gasteiger partial charge in [0.1, 0.15) is 44.1 Å². The van der Waals surface area contributed by atoms with E-state index in [2.05, 4.69) is 20.5 Å². The number of rotatable bonds is 6. The molecule has 0 saturated heterocycles. The maximum Gasteiger partial charge on any atom is 3.00 e. The van der Waals surface area contributed by atoms with Gasteiger partial charge in [-0.05, 0) is 41.1 Å². The molecule has 6 aromatic rings. The van der Waals surface area contributed by atoms with Crippen LogP contribution in [0.3, 0.4) is 0 Å². The molecular weight excluding hydrogens is 927 g/mol. The van der Waals surface area contributed by atoms with Gasteiger partial charge in [-0.3, -0.25) is 8.99 Å². The molecule has 0 aliphatic carbocycles. The summed E-state index contributed by atoms with van der Waals surface area (Å²) < 4.78 is 113. The van der Waals surface area contributed by atoms with Crippen molar-refractivity contribution in [3.8, 4) is 34.5 Å². The van der Waals surface area contributed by atoms with Crippen LogP contribution in [-0.4, -0.2) is 51.0 Å². The first-order chi connectivity index (χ1) is 27.2. The van der Waals surface area contributed by atoms with Crippen molar-refractivity contribution in [2.45, 2.75) is 19.6 Å². The molecule has 2 heterocycles. The zero-order valence-corrected chi connectivity index (χ0v) is 36.4. The Bertz CT molecular complexity index is 3060. The first kappa shape index (κ1) is 46.1. The second kappa shape index (κ2) is 16.8. The van der Waals surface area contributed by atoms with Gasteiger partial charge in [0, 0.05) is 25.7 Å². The van der Waals surface area contributed by atoms with E-state index in [-0.39, 0.29) is 79.2 Å². The summed E-state index contributed by atoms with van der Waals surface area (Å²) in [7, 11) is -16.4. The van der Waals surface area contributed by atoms with Gasteiger partial charge in [0.15, 0.2) is 11.9 Å². The van der Waals surface area contributed by atoms with Gasteiger partial charge in [-0.1, -0.05) is 71.8 Å². The number of hydrogen-bond acceptors (Lipinski definition) is 19. The molecule has 0 amide bonds. The Kier molecular flexibility index (Phi) is 13.0. The Labute approximate surface area is 372 Å². The van der Waals surface area contributed by atoms with E-state index >= 15 is 0 Å². The van der Waals surface area contributed by atoms with Gasteiger partial charge >= 0.3 is 46.3 Å². The van der Waals surface area contributed by atoms with E-state index < -0.39 is 106 Å². The van der Waals surface area contributed by atoms with Crippen molar-refractivity contribution in [3.63, 3.8) is 0 Å². The number of fused-ring (bicyclic) bond motifs is 6. The molecule has 0 fully saturated rings. The summed E-state index contributed by atoms with van der Waals surface area (Å²) in [6.45, 7) is 0. The van der Waals surface area contributed by atoms with Crippen LogP contribution in [0, 0.1) is 4.78 Å². The Morgan fingerprint density at radius 2 is 1.07 bits per heavy atom. The average molecular weight is 949 g/mol. The summed E-state index contributed by atoms with van der Waals surface area (Å²) in [6.07, 6.45) is 0. The first-order valence-electron chi connectivity index (χ1n) is 15.9. The van der Waals surface area contributed by atoms with Crippen LogP contribution < -0.4 is 59.5 Å². The topological polar surface area (TPSA) is 350 Å². The van der Waals surface area contributed by atoms with Crippen LogP contribution in [0.25, 0.3) is 21.5 Å². The van der Waals surface area contributed by atoms with E-state index in [9.17, 15) is 54.4 Å². The minimum Gasteiger partial charge on any atom is -0.871 e. The summed E-state index contributed by atoms with van der Waals surface area (Å²) in [6, 6.07) is 18.2. The molecule has 6 aromatic carbocycles. The number of ether oxygens (including phenoxy) is 2. The van der Waals surface area contributed by atoms with Crippen LogP contribution in [0.2, 0.25) is 0 Å². The fourth-order valence-corrected chi connectivity index (χ4v) is 9.41. The van der Waals surface area contributed by atoms with Gasteiger partial charge in [-0.25, -0.2) is 30.4 Å². The molecule has 8 rings (SSSR count). The maximum absolute atomic E-state index is 12.9. The monoisotopic (exact) mass is 948 g/mol. The van der Waals surface area contributed by atoms with Crippen LogP contribution in [0.1, 0.15) is 0 Å². The predicted molar refractivity (Wildman–Crippen MR) is 196 cm³/mol. The zero-order chi connectivity index (χ0) is 41.9. The second-order valence-electron chi connectivity index (χ2n) is 12.2. The van der Waals surface area contributed by atoms with Gasteiger partial charge in [0.05, 0.1) is 10.6 Å². The Morgan fingerprint density at radius 1 is 0.650 bits per heavy atom. The van der Waals surface area contributed by atoms with Crippen molar-refractivity contribution >= 4 is 84.0 Å². The van der Waals surface area contributed by atoms with Crippen molar-refractivity contribution in [2.75, 3.05) is 11.9 Å². The molecule has 4 N–H and O–H groups in total. The normalized spacial score (nSPS) is 15.8. The minimum absolute atomic E-state index is 0. The van der Waals surface area contributed by atoms with Crippen LogP contribution in [0.5, 0.6) is 34.5 Å². The number of nitrogens with one attached hydrogen (secondary N) is 1. The zero-order valence-electron chi connectivity index (χ0n) is 30.1. The first-order valence-corrected chi connectivity index (χ1v) is 22.2. The number of hydrogen-bond donors (Lipinski definition) is 3. The molecule has 1 atom stereocenters. The number of sulfonamides is 1. The Balaban J connectivity index is 0.000000220. The molecule has 2 aliphatic heterocycles. The molecule has 20 nitrogen and oxygen atoms in total. The number of aromatic hydroxyl groups is 1. The third-order valence-electron chi connectivity index (χ3n) is 8.48. The minimum atomic E-state index is -4.36. The van der Waals surface area contributed by atoms with Gasteiger partial charge in [-0.2, -0.15) is 5.11 Å². The van der Waals surface area contributed by atoms with E-state index in [4.69, 9.17) is 19.4 Å². The number of benzene rings is 6. The number of primary sulfonamides is 1. The summed E-state index contributed by atoms with van der Waals surface area (Å²) in [5.41, 5.74) is -1.79. The smallest absolute Gasteiger partial charge is 0.871 e. The molecule has 2 aliphatic rings. The number of sulfone groups is 2. The van der Waals surface area contributed by atoms with E-state index in [1.165, 1.54) is 18.2 Å². The molecule has 1 unspecified atom stereocenters. The number of phenols is 1. The third kappa shape index (κ3) is 8.64. The summed E-state index contributed by atoms with van der Waals surface area (Å²) >= 11 is 0. The summed E-state index contributed by atoms with van der Waals surface area (Å²) in [5.74, 6) is -3.93. The molecule has 0 saturated carbocycles. The Hall–Kier alpha value is -4.93. The third-order valence-corrected chi connectivity index (χ3v) is 13.1. The molecule has 306 valence electrons. The fourth-order valence-electron chi connectivity index (χ4n) is 5.83. The summed E-state index contributed by atoms with van der Waals surface area (Å²) in [5, 5.41) is 68.3. The van der Waals surface area contributed by atoms with Crippen molar-refractivity contribution in [1.29, 1.82) is 4.78 Å². The number of nitrogens with zero attached hydrogens (tertiary/aromatic N) is 4. The number of nitrogens with two attached hydrogens (primary N) is 1.